The first-order valence-electron chi connectivity index (χ1n) is 9.01. The van der Waals surface area contributed by atoms with E-state index in [1.54, 1.807) is 18.2 Å². The van der Waals surface area contributed by atoms with Gasteiger partial charge in [0.1, 0.15) is 11.6 Å². The smallest absolute Gasteiger partial charge is 0.378 e. The summed E-state index contributed by atoms with van der Waals surface area (Å²) in [7, 11) is 0. The summed E-state index contributed by atoms with van der Waals surface area (Å²) in [5.41, 5.74) is -0.609. The van der Waals surface area contributed by atoms with Gasteiger partial charge in [0.2, 0.25) is 0 Å². The maximum atomic E-state index is 13.2. The Kier molecular flexibility index (Phi) is 6.65. The highest BCUT2D eigenvalue weighted by Crippen LogP contribution is 2.33. The van der Waals surface area contributed by atoms with Crippen molar-refractivity contribution in [3.05, 3.63) is 64.2 Å². The van der Waals surface area contributed by atoms with Gasteiger partial charge in [-0.05, 0) is 35.9 Å². The van der Waals surface area contributed by atoms with Crippen molar-refractivity contribution in [2.45, 2.75) is 6.18 Å². The molecule has 1 saturated heterocycles. The predicted octanol–water partition coefficient (Wildman–Crippen LogP) is 4.74. The minimum atomic E-state index is -4.61. The number of morpholine rings is 1. The maximum Gasteiger partial charge on any atom is 0.416 e. The molecule has 30 heavy (non-hydrogen) atoms. The van der Waals surface area contributed by atoms with E-state index in [1.165, 1.54) is 24.3 Å². The Morgan fingerprint density at radius 1 is 1.20 bits per heavy atom. The van der Waals surface area contributed by atoms with Crippen LogP contribution in [0.4, 0.5) is 24.5 Å². The zero-order valence-electron chi connectivity index (χ0n) is 15.7. The van der Waals surface area contributed by atoms with E-state index in [9.17, 15) is 23.2 Å². The average molecular weight is 436 g/mol. The number of anilines is 2. The summed E-state index contributed by atoms with van der Waals surface area (Å²) in [5.74, 6) is -0.828. The van der Waals surface area contributed by atoms with Crippen LogP contribution in [-0.2, 0) is 15.7 Å². The van der Waals surface area contributed by atoms with E-state index in [-0.39, 0.29) is 5.56 Å². The Morgan fingerprint density at radius 2 is 1.90 bits per heavy atom. The van der Waals surface area contributed by atoms with Gasteiger partial charge >= 0.3 is 6.18 Å². The molecule has 9 heteroatoms. The van der Waals surface area contributed by atoms with Crippen LogP contribution in [0.5, 0.6) is 0 Å². The lowest BCUT2D eigenvalue weighted by Crippen LogP contribution is -2.36. The van der Waals surface area contributed by atoms with Crippen LogP contribution < -0.4 is 10.2 Å². The number of hydrogen-bond acceptors (Lipinski definition) is 4. The lowest BCUT2D eigenvalue weighted by atomic mass is 10.0. The number of nitriles is 1. The van der Waals surface area contributed by atoms with Gasteiger partial charge in [-0.25, -0.2) is 0 Å². The van der Waals surface area contributed by atoms with E-state index in [0.717, 1.165) is 12.1 Å². The summed E-state index contributed by atoms with van der Waals surface area (Å²) >= 11 is 6.05. The Morgan fingerprint density at radius 3 is 2.57 bits per heavy atom. The van der Waals surface area contributed by atoms with Crippen molar-refractivity contribution in [3.63, 3.8) is 0 Å². The fourth-order valence-corrected chi connectivity index (χ4v) is 3.24. The highest BCUT2D eigenvalue weighted by atomic mass is 35.5. The van der Waals surface area contributed by atoms with Gasteiger partial charge < -0.3 is 15.0 Å². The third-order valence-corrected chi connectivity index (χ3v) is 4.72. The molecule has 0 aromatic heterocycles. The Hall–Kier alpha value is -3.02. The Bertz CT molecular complexity index is 1010. The molecular formula is C21H17ClF3N3O2. The van der Waals surface area contributed by atoms with E-state index in [2.05, 4.69) is 5.32 Å². The lowest BCUT2D eigenvalue weighted by Gasteiger charge is -2.30. The first-order valence-corrected chi connectivity index (χ1v) is 9.39. The molecule has 1 N–H and O–H groups in total. The molecule has 0 saturated carbocycles. The molecule has 0 atom stereocenters. The summed E-state index contributed by atoms with van der Waals surface area (Å²) in [6.07, 6.45) is -3.68. The third kappa shape index (κ3) is 5.12. The molecule has 3 rings (SSSR count). The molecule has 1 heterocycles. The molecule has 1 amide bonds. The number of hydrogen-bond donors (Lipinski definition) is 1. The first kappa shape index (κ1) is 21.7. The van der Waals surface area contributed by atoms with Gasteiger partial charge in [-0.2, -0.15) is 18.4 Å². The number of amides is 1. The van der Waals surface area contributed by atoms with Gasteiger partial charge in [0.25, 0.3) is 5.91 Å². The summed E-state index contributed by atoms with van der Waals surface area (Å²) in [6.45, 7) is 2.25. The molecule has 0 unspecified atom stereocenters. The monoisotopic (exact) mass is 435 g/mol. The Labute approximate surface area is 176 Å². The standard InChI is InChI=1S/C21H17ClF3N3O2/c22-16-5-6-19(28-7-9-30-10-8-28)18(12-16)27-20(29)15(13-26)11-14-3-1-2-4-17(14)21(23,24)25/h1-6,11-12H,7-10H2,(H,27,29)/b15-11+. The van der Waals surface area contributed by atoms with Crippen molar-refractivity contribution >= 4 is 35.0 Å². The van der Waals surface area contributed by atoms with Gasteiger partial charge in [0, 0.05) is 18.1 Å². The molecule has 5 nitrogen and oxygen atoms in total. The molecule has 0 radical (unpaired) electrons. The number of nitrogens with zero attached hydrogens (tertiary/aromatic N) is 2. The quantitative estimate of drug-likeness (QED) is 0.556. The van der Waals surface area contributed by atoms with E-state index in [4.69, 9.17) is 16.3 Å². The molecular weight excluding hydrogens is 419 g/mol. The third-order valence-electron chi connectivity index (χ3n) is 4.49. The van der Waals surface area contributed by atoms with Crippen molar-refractivity contribution in [1.29, 1.82) is 5.26 Å². The zero-order valence-corrected chi connectivity index (χ0v) is 16.4. The molecule has 1 aliphatic rings. The number of carbonyl (C=O) groups is 1. The number of rotatable bonds is 4. The second-order valence-electron chi connectivity index (χ2n) is 6.47. The second kappa shape index (κ2) is 9.20. The maximum absolute atomic E-state index is 13.2. The van der Waals surface area contributed by atoms with E-state index in [0.29, 0.717) is 42.7 Å². The number of nitrogens with one attached hydrogen (secondary N) is 1. The van der Waals surface area contributed by atoms with Crippen molar-refractivity contribution in [2.75, 3.05) is 36.5 Å². The molecule has 2 aromatic rings. The SMILES string of the molecule is N#C/C(=C\c1ccccc1C(F)(F)F)C(=O)Nc1cc(Cl)ccc1N1CCOCC1. The van der Waals surface area contributed by atoms with Gasteiger partial charge in [0.05, 0.1) is 30.2 Å². The lowest BCUT2D eigenvalue weighted by molar-refractivity contribution is -0.137. The number of ether oxygens (including phenoxy) is 1. The van der Waals surface area contributed by atoms with E-state index in [1.807, 2.05) is 4.90 Å². The predicted molar refractivity (Wildman–Crippen MR) is 108 cm³/mol. The minimum Gasteiger partial charge on any atom is -0.378 e. The van der Waals surface area contributed by atoms with Crippen molar-refractivity contribution in [3.8, 4) is 6.07 Å². The molecule has 0 spiro atoms. The summed E-state index contributed by atoms with van der Waals surface area (Å²) in [5, 5.41) is 12.4. The van der Waals surface area contributed by atoms with Gasteiger partial charge in [-0.1, -0.05) is 29.8 Å². The fraction of sp³-hybridized carbons (Fsp3) is 0.238. The van der Waals surface area contributed by atoms with Crippen molar-refractivity contribution < 1.29 is 22.7 Å². The van der Waals surface area contributed by atoms with E-state index < -0.39 is 23.2 Å². The van der Waals surface area contributed by atoms with Crippen LogP contribution >= 0.6 is 11.6 Å². The van der Waals surface area contributed by atoms with Crippen LogP contribution in [-0.4, -0.2) is 32.2 Å². The van der Waals surface area contributed by atoms with Gasteiger partial charge in [-0.3, -0.25) is 4.79 Å². The van der Waals surface area contributed by atoms with Crippen LogP contribution in [0, 0.1) is 11.3 Å². The normalized spacial score (nSPS) is 14.9. The average Bonchev–Trinajstić information content (AvgIpc) is 2.72. The number of halogens is 4. The molecule has 156 valence electrons. The molecule has 1 fully saturated rings. The summed E-state index contributed by atoms with van der Waals surface area (Å²) in [6, 6.07) is 11.4. The molecule has 0 bridgehead atoms. The zero-order chi connectivity index (χ0) is 21.7. The second-order valence-corrected chi connectivity index (χ2v) is 6.91. The highest BCUT2D eigenvalue weighted by Gasteiger charge is 2.32. The topological polar surface area (TPSA) is 65.4 Å². The first-order chi connectivity index (χ1) is 14.3. The van der Waals surface area contributed by atoms with E-state index >= 15 is 0 Å². The summed E-state index contributed by atoms with van der Waals surface area (Å²) in [4.78, 5) is 14.7. The summed E-state index contributed by atoms with van der Waals surface area (Å²) < 4.78 is 45.0. The molecule has 2 aromatic carbocycles. The number of carbonyl (C=O) groups excluding carboxylic acids is 1. The van der Waals surface area contributed by atoms with Crippen LogP contribution in [0.1, 0.15) is 11.1 Å². The fourth-order valence-electron chi connectivity index (χ4n) is 3.06. The molecule has 0 aliphatic carbocycles. The Balaban J connectivity index is 1.91. The number of benzene rings is 2. The largest absolute Gasteiger partial charge is 0.416 e. The minimum absolute atomic E-state index is 0.267. The molecule has 1 aliphatic heterocycles. The number of alkyl halides is 3. The van der Waals surface area contributed by atoms with Gasteiger partial charge in [0.15, 0.2) is 0 Å². The van der Waals surface area contributed by atoms with Crippen LogP contribution in [0.3, 0.4) is 0 Å². The highest BCUT2D eigenvalue weighted by molar-refractivity contribution is 6.31. The van der Waals surface area contributed by atoms with Crippen LogP contribution in [0.2, 0.25) is 5.02 Å². The van der Waals surface area contributed by atoms with Crippen molar-refractivity contribution in [1.82, 2.24) is 0 Å². The van der Waals surface area contributed by atoms with Crippen molar-refractivity contribution in [2.24, 2.45) is 0 Å². The van der Waals surface area contributed by atoms with Crippen LogP contribution in [0.25, 0.3) is 6.08 Å². The van der Waals surface area contributed by atoms with Crippen LogP contribution in [0.15, 0.2) is 48.0 Å². The van der Waals surface area contributed by atoms with Gasteiger partial charge in [-0.15, -0.1) is 0 Å².